The first-order valence-electron chi connectivity index (χ1n) is 21.6. The summed E-state index contributed by atoms with van der Waals surface area (Å²) in [6.45, 7) is 12.7. The van der Waals surface area contributed by atoms with Gasteiger partial charge in [-0.15, -0.1) is 0 Å². The van der Waals surface area contributed by atoms with Crippen LogP contribution < -0.4 is 12.4 Å². The lowest BCUT2D eigenvalue weighted by atomic mass is 10.0. The Morgan fingerprint density at radius 2 is 0.522 bits per heavy atom. The first-order chi connectivity index (χ1) is 22.2. The van der Waals surface area contributed by atoms with Crippen molar-refractivity contribution in [2.24, 2.45) is 0 Å². The molecular weight excluding hydrogens is 582 g/mol. The van der Waals surface area contributed by atoms with Gasteiger partial charge in [-0.2, -0.15) is 0 Å². The van der Waals surface area contributed by atoms with Crippen molar-refractivity contribution >= 4 is 0 Å². The molecule has 0 bridgehead atoms. The summed E-state index contributed by atoms with van der Waals surface area (Å²) in [6, 6.07) is 0. The molecule has 0 spiro atoms. The third-order valence-electron chi connectivity index (χ3n) is 10.5. The predicted molar refractivity (Wildman–Crippen MR) is 206 cm³/mol. The lowest BCUT2D eigenvalue weighted by Gasteiger charge is -2.35. The van der Waals surface area contributed by atoms with Crippen LogP contribution in [0.5, 0.6) is 0 Å². The normalized spacial score (nSPS) is 11.7. The van der Waals surface area contributed by atoms with Crippen LogP contribution in [0.15, 0.2) is 0 Å². The largest absolute Gasteiger partial charge is 1.00 e. The number of halogens is 1. The predicted octanol–water partition coefficient (Wildman–Crippen LogP) is 11.8. The van der Waals surface area contributed by atoms with Gasteiger partial charge in [-0.1, -0.05) is 207 Å². The van der Waals surface area contributed by atoms with Crippen LogP contribution in [0.1, 0.15) is 239 Å². The third-order valence-corrected chi connectivity index (χ3v) is 10.5. The average molecular weight is 673 g/mol. The molecule has 0 heterocycles. The van der Waals surface area contributed by atoms with Crippen LogP contribution in [0.2, 0.25) is 0 Å². The number of nitrogens with zero attached hydrogens (tertiary/aromatic N) is 1. The maximum Gasteiger partial charge on any atom is 0.102 e. The molecule has 3 heteroatoms. The molecule has 0 aromatic heterocycles. The van der Waals surface area contributed by atoms with Crippen LogP contribution in [0.4, 0.5) is 0 Å². The fourth-order valence-electron chi connectivity index (χ4n) is 7.05. The standard InChI is InChI=1S/C43H90NO.ClH/c1-5-8-11-13-15-17-19-21-23-25-27-29-31-33-35-37-39-44(4,41-43-45-42-10-7-3)40-38-36-34-32-30-28-26-24-22-20-18-16-14-12-9-6-2;/h5-43H2,1-4H3;1H/q+1;/p-1. The summed E-state index contributed by atoms with van der Waals surface area (Å²) >= 11 is 0. The van der Waals surface area contributed by atoms with Gasteiger partial charge in [0.05, 0.1) is 26.7 Å². The second-order valence-electron chi connectivity index (χ2n) is 15.4. The highest BCUT2D eigenvalue weighted by molar-refractivity contribution is 4.53. The summed E-state index contributed by atoms with van der Waals surface area (Å²) in [6.07, 6.45) is 49.0. The van der Waals surface area contributed by atoms with Gasteiger partial charge < -0.3 is 21.6 Å². The molecule has 0 aromatic carbocycles. The van der Waals surface area contributed by atoms with E-state index in [0.717, 1.165) is 13.2 Å². The van der Waals surface area contributed by atoms with Crippen molar-refractivity contribution in [1.29, 1.82) is 0 Å². The van der Waals surface area contributed by atoms with E-state index < -0.39 is 0 Å². The minimum atomic E-state index is 0. The molecule has 280 valence electrons. The van der Waals surface area contributed by atoms with Gasteiger partial charge in [0, 0.05) is 6.61 Å². The molecule has 0 aromatic rings. The molecule has 0 rings (SSSR count). The van der Waals surface area contributed by atoms with Crippen molar-refractivity contribution in [2.45, 2.75) is 239 Å². The van der Waals surface area contributed by atoms with Crippen molar-refractivity contribution in [3.63, 3.8) is 0 Å². The molecule has 0 radical (unpaired) electrons. The lowest BCUT2D eigenvalue weighted by Crippen LogP contribution is -3.00. The summed E-state index contributed by atoms with van der Waals surface area (Å²) in [5.74, 6) is 0. The van der Waals surface area contributed by atoms with Gasteiger partial charge in [-0.05, 0) is 32.1 Å². The fraction of sp³-hybridized carbons (Fsp3) is 1.00. The molecule has 0 aliphatic rings. The Hall–Kier alpha value is 0.210. The SMILES string of the molecule is CCCCCCCCCCCCCCCCCC[N+](C)(CCCCCCCCCCCCCCCCCC)CCOCCCC.[Cl-]. The van der Waals surface area contributed by atoms with E-state index in [9.17, 15) is 0 Å². The van der Waals surface area contributed by atoms with Crippen molar-refractivity contribution in [2.75, 3.05) is 39.9 Å². The van der Waals surface area contributed by atoms with E-state index in [-0.39, 0.29) is 12.4 Å². The zero-order valence-electron chi connectivity index (χ0n) is 32.8. The van der Waals surface area contributed by atoms with Crippen molar-refractivity contribution in [3.8, 4) is 0 Å². The monoisotopic (exact) mass is 672 g/mol. The van der Waals surface area contributed by atoms with E-state index in [4.69, 9.17) is 4.74 Å². The minimum Gasteiger partial charge on any atom is -1.00 e. The number of ether oxygens (including phenoxy) is 1. The lowest BCUT2D eigenvalue weighted by molar-refractivity contribution is -0.910. The molecule has 0 aliphatic carbocycles. The van der Waals surface area contributed by atoms with E-state index in [1.165, 1.54) is 242 Å². The van der Waals surface area contributed by atoms with E-state index >= 15 is 0 Å². The quantitative estimate of drug-likeness (QED) is 0.0465. The van der Waals surface area contributed by atoms with Crippen LogP contribution in [0, 0.1) is 0 Å². The molecule has 0 amide bonds. The van der Waals surface area contributed by atoms with Gasteiger partial charge in [0.15, 0.2) is 0 Å². The summed E-state index contributed by atoms with van der Waals surface area (Å²) < 4.78 is 7.26. The summed E-state index contributed by atoms with van der Waals surface area (Å²) in [5, 5.41) is 0. The summed E-state index contributed by atoms with van der Waals surface area (Å²) in [4.78, 5) is 0. The Labute approximate surface area is 299 Å². The number of quaternary nitrogens is 1. The van der Waals surface area contributed by atoms with E-state index in [1.54, 1.807) is 0 Å². The molecular formula is C43H90ClNO. The molecule has 0 aliphatic heterocycles. The van der Waals surface area contributed by atoms with Gasteiger partial charge >= 0.3 is 0 Å². The highest BCUT2D eigenvalue weighted by atomic mass is 35.5. The zero-order valence-corrected chi connectivity index (χ0v) is 33.6. The smallest absolute Gasteiger partial charge is 0.102 e. The Morgan fingerprint density at radius 3 is 0.783 bits per heavy atom. The minimum absolute atomic E-state index is 0. The molecule has 0 N–H and O–H groups in total. The fourth-order valence-corrected chi connectivity index (χ4v) is 7.05. The topological polar surface area (TPSA) is 9.23 Å². The van der Waals surface area contributed by atoms with Crippen LogP contribution in [-0.2, 0) is 4.74 Å². The van der Waals surface area contributed by atoms with E-state index in [0.29, 0.717) is 0 Å². The highest BCUT2D eigenvalue weighted by Crippen LogP contribution is 2.17. The maximum atomic E-state index is 6.02. The number of rotatable bonds is 40. The molecule has 46 heavy (non-hydrogen) atoms. The third kappa shape index (κ3) is 38.7. The number of hydrogen-bond acceptors (Lipinski definition) is 1. The van der Waals surface area contributed by atoms with Gasteiger partial charge in [0.2, 0.25) is 0 Å². The molecule has 0 unspecified atom stereocenters. The summed E-state index contributed by atoms with van der Waals surface area (Å²) in [5.41, 5.74) is 0. The Balaban J connectivity index is 0. The number of unbranched alkanes of at least 4 members (excludes halogenated alkanes) is 31. The molecule has 0 atom stereocenters. The highest BCUT2D eigenvalue weighted by Gasteiger charge is 2.20. The van der Waals surface area contributed by atoms with Gasteiger partial charge in [-0.25, -0.2) is 0 Å². The van der Waals surface area contributed by atoms with Gasteiger partial charge in [0.25, 0.3) is 0 Å². The Morgan fingerprint density at radius 1 is 0.283 bits per heavy atom. The van der Waals surface area contributed by atoms with E-state index in [2.05, 4.69) is 27.8 Å². The number of likely N-dealkylation sites (N-methyl/N-ethyl adjacent to an activating group) is 1. The van der Waals surface area contributed by atoms with E-state index in [1.807, 2.05) is 0 Å². The van der Waals surface area contributed by atoms with Gasteiger partial charge in [-0.3, -0.25) is 0 Å². The first kappa shape index (κ1) is 48.3. The van der Waals surface area contributed by atoms with Crippen molar-refractivity contribution in [1.82, 2.24) is 0 Å². The Kier molecular flexibility index (Phi) is 43.5. The first-order valence-corrected chi connectivity index (χ1v) is 21.6. The summed E-state index contributed by atoms with van der Waals surface area (Å²) in [7, 11) is 2.53. The second-order valence-corrected chi connectivity index (χ2v) is 15.4. The second kappa shape index (κ2) is 41.4. The van der Waals surface area contributed by atoms with Crippen LogP contribution in [-0.4, -0.2) is 44.4 Å². The van der Waals surface area contributed by atoms with Crippen molar-refractivity contribution < 1.29 is 21.6 Å². The average Bonchev–Trinajstić information content (AvgIpc) is 3.04. The zero-order chi connectivity index (χ0) is 32.8. The Bertz CT molecular complexity index is 491. The van der Waals surface area contributed by atoms with Gasteiger partial charge in [0.1, 0.15) is 6.54 Å². The molecule has 0 saturated carbocycles. The van der Waals surface area contributed by atoms with Crippen molar-refractivity contribution in [3.05, 3.63) is 0 Å². The number of hydrogen-bond donors (Lipinski definition) is 0. The van der Waals surface area contributed by atoms with Crippen LogP contribution in [0.25, 0.3) is 0 Å². The molecule has 2 nitrogen and oxygen atoms in total. The maximum absolute atomic E-state index is 6.02. The molecule has 0 fully saturated rings. The van der Waals surface area contributed by atoms with Crippen LogP contribution >= 0.6 is 0 Å². The molecule has 0 saturated heterocycles. The van der Waals surface area contributed by atoms with Crippen LogP contribution in [0.3, 0.4) is 0 Å².